The van der Waals surface area contributed by atoms with Gasteiger partial charge in [0, 0.05) is 32.1 Å². The summed E-state index contributed by atoms with van der Waals surface area (Å²) < 4.78 is 7.26. The summed E-state index contributed by atoms with van der Waals surface area (Å²) in [4.78, 5) is 4.69. The lowest BCUT2D eigenvalue weighted by atomic mass is 10.1. The number of methoxy groups -OCH3 is 1. The maximum Gasteiger partial charge on any atom is 0.191 e. The summed E-state index contributed by atoms with van der Waals surface area (Å²) >= 11 is 0. The third-order valence-electron chi connectivity index (χ3n) is 3.91. The molecule has 2 rings (SSSR count). The molecule has 2 N–H and O–H groups in total. The van der Waals surface area contributed by atoms with Gasteiger partial charge in [-0.15, -0.1) is 34.2 Å². The molecule has 7 nitrogen and oxygen atoms in total. The van der Waals surface area contributed by atoms with Gasteiger partial charge in [0.25, 0.3) is 0 Å². The van der Waals surface area contributed by atoms with Gasteiger partial charge in [0.2, 0.25) is 0 Å². The molecule has 1 aromatic carbocycles. The number of nitrogens with zero attached hydrogens (tertiary/aromatic N) is 4. The second kappa shape index (κ2) is 12.5. The normalized spacial score (nSPS) is 11.2. The molecule has 150 valence electrons. The highest BCUT2D eigenvalue weighted by atomic mass is 127. The Labute approximate surface area is 179 Å². The summed E-state index contributed by atoms with van der Waals surface area (Å²) in [6, 6.07) is 8.44. The summed E-state index contributed by atoms with van der Waals surface area (Å²) in [5.41, 5.74) is 1.25. The molecular formula is C19H31IN6O. The first-order valence-electron chi connectivity index (χ1n) is 9.16. The van der Waals surface area contributed by atoms with Gasteiger partial charge < -0.3 is 19.9 Å². The van der Waals surface area contributed by atoms with Crippen molar-refractivity contribution in [2.75, 3.05) is 20.2 Å². The second-order valence-electron chi connectivity index (χ2n) is 6.35. The van der Waals surface area contributed by atoms with Crippen LogP contribution >= 0.6 is 24.0 Å². The minimum atomic E-state index is 0. The number of aryl methyl sites for hydroxylation is 1. The van der Waals surface area contributed by atoms with Crippen LogP contribution in [-0.4, -0.2) is 47.0 Å². The molecule has 0 amide bonds. The number of benzene rings is 1. The molecule has 0 aliphatic rings. The fraction of sp³-hybridized carbons (Fsp3) is 0.526. The molecule has 0 unspecified atom stereocenters. The molecule has 1 heterocycles. The molecule has 0 saturated carbocycles. The minimum Gasteiger partial charge on any atom is -0.497 e. The van der Waals surface area contributed by atoms with E-state index in [4.69, 9.17) is 4.74 Å². The Morgan fingerprint density at radius 1 is 1.26 bits per heavy atom. The van der Waals surface area contributed by atoms with E-state index in [1.807, 2.05) is 12.1 Å². The van der Waals surface area contributed by atoms with Crippen LogP contribution in [0.5, 0.6) is 5.75 Å². The molecule has 0 fully saturated rings. The number of ether oxygens (including phenoxy) is 1. The topological polar surface area (TPSA) is 76.4 Å². The van der Waals surface area contributed by atoms with E-state index in [1.165, 1.54) is 5.56 Å². The number of aromatic nitrogens is 3. The highest BCUT2D eigenvalue weighted by molar-refractivity contribution is 14.0. The van der Waals surface area contributed by atoms with E-state index in [-0.39, 0.29) is 24.0 Å². The number of halogens is 1. The molecule has 2 aromatic rings. The zero-order valence-corrected chi connectivity index (χ0v) is 18.9. The van der Waals surface area contributed by atoms with Gasteiger partial charge in [-0.2, -0.15) is 0 Å². The molecule has 0 aliphatic carbocycles. The Morgan fingerprint density at radius 2 is 2.00 bits per heavy atom. The third kappa shape index (κ3) is 8.15. The molecule has 0 spiro atoms. The van der Waals surface area contributed by atoms with Crippen LogP contribution in [-0.2, 0) is 19.4 Å². The highest BCUT2D eigenvalue weighted by Gasteiger charge is 2.04. The lowest BCUT2D eigenvalue weighted by Gasteiger charge is -2.15. The summed E-state index contributed by atoms with van der Waals surface area (Å²) in [6.07, 6.45) is 3.55. The molecule has 0 saturated heterocycles. The van der Waals surface area contributed by atoms with Crippen LogP contribution in [0.2, 0.25) is 0 Å². The Kier molecular flexibility index (Phi) is 10.8. The summed E-state index contributed by atoms with van der Waals surface area (Å²) in [5, 5.41) is 14.8. The molecule has 0 atom stereocenters. The molecule has 0 bridgehead atoms. The van der Waals surface area contributed by atoms with Gasteiger partial charge in [0.05, 0.1) is 7.11 Å². The van der Waals surface area contributed by atoms with Crippen LogP contribution in [0.15, 0.2) is 35.6 Å². The Balaban J connectivity index is 0.00000364. The van der Waals surface area contributed by atoms with E-state index in [2.05, 4.69) is 63.3 Å². The SMILES string of the molecule is CCc1nncn1CCNC(=NCCc1ccc(OC)cc1)NC(C)C.I. The van der Waals surface area contributed by atoms with E-state index in [9.17, 15) is 0 Å². The smallest absolute Gasteiger partial charge is 0.191 e. The summed E-state index contributed by atoms with van der Waals surface area (Å²) in [7, 11) is 1.68. The van der Waals surface area contributed by atoms with Crippen LogP contribution in [0, 0.1) is 0 Å². The van der Waals surface area contributed by atoms with Gasteiger partial charge in [0.15, 0.2) is 5.96 Å². The van der Waals surface area contributed by atoms with Crippen molar-refractivity contribution in [2.24, 2.45) is 4.99 Å². The van der Waals surface area contributed by atoms with E-state index < -0.39 is 0 Å². The predicted octanol–water partition coefficient (Wildman–Crippen LogP) is 2.65. The Morgan fingerprint density at radius 3 is 2.63 bits per heavy atom. The first-order valence-corrected chi connectivity index (χ1v) is 9.16. The van der Waals surface area contributed by atoms with E-state index in [0.29, 0.717) is 6.04 Å². The molecule has 0 aliphatic heterocycles. The lowest BCUT2D eigenvalue weighted by molar-refractivity contribution is 0.414. The van der Waals surface area contributed by atoms with Gasteiger partial charge >= 0.3 is 0 Å². The van der Waals surface area contributed by atoms with Crippen LogP contribution in [0.25, 0.3) is 0 Å². The average molecular weight is 486 g/mol. The van der Waals surface area contributed by atoms with Crippen molar-refractivity contribution in [3.8, 4) is 5.75 Å². The van der Waals surface area contributed by atoms with Crippen molar-refractivity contribution < 1.29 is 4.74 Å². The fourth-order valence-electron chi connectivity index (χ4n) is 2.55. The van der Waals surface area contributed by atoms with E-state index in [1.54, 1.807) is 13.4 Å². The quantitative estimate of drug-likeness (QED) is 0.324. The minimum absolute atomic E-state index is 0. The first kappa shape index (κ1) is 23.2. The van der Waals surface area contributed by atoms with Gasteiger partial charge in [-0.1, -0.05) is 19.1 Å². The van der Waals surface area contributed by atoms with Crippen LogP contribution in [0.4, 0.5) is 0 Å². The van der Waals surface area contributed by atoms with Gasteiger partial charge in [-0.3, -0.25) is 4.99 Å². The van der Waals surface area contributed by atoms with E-state index >= 15 is 0 Å². The largest absolute Gasteiger partial charge is 0.497 e. The highest BCUT2D eigenvalue weighted by Crippen LogP contribution is 2.11. The van der Waals surface area contributed by atoms with Crippen molar-refractivity contribution in [3.05, 3.63) is 42.0 Å². The van der Waals surface area contributed by atoms with Crippen LogP contribution in [0.3, 0.4) is 0 Å². The summed E-state index contributed by atoms with van der Waals surface area (Å²) in [6.45, 7) is 8.60. The Bertz CT molecular complexity index is 684. The predicted molar refractivity (Wildman–Crippen MR) is 120 cm³/mol. The zero-order valence-electron chi connectivity index (χ0n) is 16.6. The standard InChI is InChI=1S/C19H30N6O.HI/c1-5-18-24-22-14-25(18)13-12-21-19(23-15(2)3)20-11-10-16-6-8-17(26-4)9-7-16;/h6-9,14-15H,5,10-13H2,1-4H3,(H2,20,21,23);1H. The van der Waals surface area contributed by atoms with Crippen molar-refractivity contribution in [1.82, 2.24) is 25.4 Å². The number of rotatable bonds is 9. The Hall–Kier alpha value is -1.84. The zero-order chi connectivity index (χ0) is 18.8. The molecule has 0 radical (unpaired) electrons. The monoisotopic (exact) mass is 486 g/mol. The third-order valence-corrected chi connectivity index (χ3v) is 3.91. The number of guanidine groups is 1. The van der Waals surface area contributed by atoms with Gasteiger partial charge in [-0.25, -0.2) is 0 Å². The fourth-order valence-corrected chi connectivity index (χ4v) is 2.55. The number of aliphatic imine (C=N–C) groups is 1. The number of nitrogens with one attached hydrogen (secondary N) is 2. The van der Waals surface area contributed by atoms with Gasteiger partial charge in [-0.05, 0) is 38.0 Å². The van der Waals surface area contributed by atoms with Crippen molar-refractivity contribution in [3.63, 3.8) is 0 Å². The molecule has 1 aromatic heterocycles. The van der Waals surface area contributed by atoms with Gasteiger partial charge in [0.1, 0.15) is 17.9 Å². The number of hydrogen-bond donors (Lipinski definition) is 2. The molecule has 8 heteroatoms. The first-order chi connectivity index (χ1) is 12.6. The van der Waals surface area contributed by atoms with E-state index in [0.717, 1.165) is 50.0 Å². The van der Waals surface area contributed by atoms with Crippen LogP contribution in [0.1, 0.15) is 32.2 Å². The lowest BCUT2D eigenvalue weighted by Crippen LogP contribution is -2.42. The number of hydrogen-bond acceptors (Lipinski definition) is 4. The second-order valence-corrected chi connectivity index (χ2v) is 6.35. The van der Waals surface area contributed by atoms with Crippen molar-refractivity contribution >= 4 is 29.9 Å². The van der Waals surface area contributed by atoms with Crippen molar-refractivity contribution in [1.29, 1.82) is 0 Å². The summed E-state index contributed by atoms with van der Waals surface area (Å²) in [5.74, 6) is 2.71. The maximum absolute atomic E-state index is 5.19. The van der Waals surface area contributed by atoms with Crippen molar-refractivity contribution in [2.45, 2.75) is 46.2 Å². The average Bonchev–Trinajstić information content (AvgIpc) is 3.09. The maximum atomic E-state index is 5.19. The van der Waals surface area contributed by atoms with Crippen LogP contribution < -0.4 is 15.4 Å². The molecular weight excluding hydrogens is 455 g/mol. The molecule has 27 heavy (non-hydrogen) atoms.